The van der Waals surface area contributed by atoms with Crippen molar-refractivity contribution in [3.63, 3.8) is 0 Å². The number of ether oxygens (including phenoxy) is 1. The third-order valence-electron chi connectivity index (χ3n) is 5.75. The second kappa shape index (κ2) is 10.5. The molecule has 1 aliphatic heterocycles. The summed E-state index contributed by atoms with van der Waals surface area (Å²) in [5, 5.41) is 14.4. The zero-order valence-corrected chi connectivity index (χ0v) is 20.5. The summed E-state index contributed by atoms with van der Waals surface area (Å²) in [5.74, 6) is 0.725. The number of amides is 1. The van der Waals surface area contributed by atoms with Crippen molar-refractivity contribution in [2.45, 2.75) is 42.8 Å². The van der Waals surface area contributed by atoms with Crippen LogP contribution in [0.3, 0.4) is 0 Å². The largest absolute Gasteiger partial charge is 0.376 e. The molecule has 34 heavy (non-hydrogen) atoms. The van der Waals surface area contributed by atoms with E-state index in [0.29, 0.717) is 11.7 Å². The van der Waals surface area contributed by atoms with Crippen LogP contribution in [-0.4, -0.2) is 33.4 Å². The molecule has 1 saturated heterocycles. The van der Waals surface area contributed by atoms with Gasteiger partial charge in [-0.25, -0.2) is 0 Å². The van der Waals surface area contributed by atoms with Gasteiger partial charge in [0.25, 0.3) is 0 Å². The van der Waals surface area contributed by atoms with E-state index in [9.17, 15) is 4.79 Å². The molecular formula is C26H26N4O2S2. The van der Waals surface area contributed by atoms with Gasteiger partial charge in [0.15, 0.2) is 11.0 Å². The van der Waals surface area contributed by atoms with E-state index in [1.165, 1.54) is 11.8 Å². The van der Waals surface area contributed by atoms with Crippen molar-refractivity contribution in [2.24, 2.45) is 0 Å². The number of aromatic nitrogens is 3. The van der Waals surface area contributed by atoms with E-state index in [2.05, 4.69) is 20.1 Å². The van der Waals surface area contributed by atoms with Gasteiger partial charge < -0.3 is 10.1 Å². The first-order valence-electron chi connectivity index (χ1n) is 11.4. The van der Waals surface area contributed by atoms with Crippen LogP contribution in [0.15, 0.2) is 77.3 Å². The Bertz CT molecular complexity index is 1220. The van der Waals surface area contributed by atoms with E-state index in [1.54, 1.807) is 11.3 Å². The summed E-state index contributed by atoms with van der Waals surface area (Å²) < 4.78 is 8.03. The molecule has 2 atom stereocenters. The third kappa shape index (κ3) is 5.24. The molecule has 0 radical (unpaired) electrons. The van der Waals surface area contributed by atoms with E-state index in [1.807, 2.05) is 79.0 Å². The molecule has 8 heteroatoms. The standard InChI is InChI=1S/C26H26N4O2S2/c1-18-11-13-20(14-12-18)27-25(31)23(19-7-3-2-4-8-19)34-26-29-28-24(22-10-6-16-33-22)30(26)17-21-9-5-15-32-21/h2-4,6-8,10-14,16,21,23H,5,9,15,17H2,1H3,(H,27,31). The molecule has 0 bridgehead atoms. The lowest BCUT2D eigenvalue weighted by Gasteiger charge is -2.19. The Morgan fingerprint density at radius 3 is 2.68 bits per heavy atom. The summed E-state index contributed by atoms with van der Waals surface area (Å²) in [6.45, 7) is 3.49. The Morgan fingerprint density at radius 1 is 1.15 bits per heavy atom. The molecule has 1 amide bonds. The summed E-state index contributed by atoms with van der Waals surface area (Å²) in [6, 6.07) is 21.7. The van der Waals surface area contributed by atoms with Gasteiger partial charge in [0.2, 0.25) is 5.91 Å². The van der Waals surface area contributed by atoms with E-state index >= 15 is 0 Å². The highest BCUT2D eigenvalue weighted by Crippen LogP contribution is 2.38. The minimum absolute atomic E-state index is 0.0932. The number of rotatable bonds is 8. The van der Waals surface area contributed by atoms with Gasteiger partial charge in [-0.1, -0.05) is 65.9 Å². The summed E-state index contributed by atoms with van der Waals surface area (Å²) in [6.07, 6.45) is 2.21. The molecule has 1 fully saturated rings. The minimum atomic E-state index is -0.480. The van der Waals surface area contributed by atoms with Crippen LogP contribution in [0.1, 0.15) is 29.2 Å². The Labute approximate surface area is 207 Å². The molecule has 1 N–H and O–H groups in total. The molecule has 3 heterocycles. The first kappa shape index (κ1) is 22.8. The van der Waals surface area contributed by atoms with Crippen LogP contribution in [0, 0.1) is 6.92 Å². The zero-order chi connectivity index (χ0) is 23.3. The van der Waals surface area contributed by atoms with Crippen LogP contribution in [-0.2, 0) is 16.1 Å². The molecule has 0 spiro atoms. The number of nitrogens with zero attached hydrogens (tertiary/aromatic N) is 3. The lowest BCUT2D eigenvalue weighted by atomic mass is 10.1. The van der Waals surface area contributed by atoms with Gasteiger partial charge in [0.05, 0.1) is 17.5 Å². The molecule has 2 aromatic carbocycles. The number of carbonyl (C=O) groups excluding carboxylic acids is 1. The molecule has 2 unspecified atom stereocenters. The Hall–Kier alpha value is -2.94. The van der Waals surface area contributed by atoms with Gasteiger partial charge in [-0.2, -0.15) is 0 Å². The van der Waals surface area contributed by atoms with Gasteiger partial charge in [-0.05, 0) is 48.9 Å². The summed E-state index contributed by atoms with van der Waals surface area (Å²) in [7, 11) is 0. The second-order valence-corrected chi connectivity index (χ2v) is 10.3. The maximum Gasteiger partial charge on any atom is 0.242 e. The smallest absolute Gasteiger partial charge is 0.242 e. The first-order valence-corrected chi connectivity index (χ1v) is 13.1. The molecule has 0 saturated carbocycles. The number of anilines is 1. The lowest BCUT2D eigenvalue weighted by molar-refractivity contribution is -0.115. The highest BCUT2D eigenvalue weighted by molar-refractivity contribution is 8.00. The van der Waals surface area contributed by atoms with Crippen LogP contribution in [0.4, 0.5) is 5.69 Å². The second-order valence-electron chi connectivity index (χ2n) is 8.29. The van der Waals surface area contributed by atoms with E-state index in [4.69, 9.17) is 4.74 Å². The van der Waals surface area contributed by atoms with Crippen molar-refractivity contribution in [1.29, 1.82) is 0 Å². The highest BCUT2D eigenvalue weighted by Gasteiger charge is 2.28. The van der Waals surface area contributed by atoms with E-state index in [0.717, 1.165) is 47.0 Å². The van der Waals surface area contributed by atoms with Crippen LogP contribution in [0.2, 0.25) is 0 Å². The summed E-state index contributed by atoms with van der Waals surface area (Å²) in [4.78, 5) is 14.5. The van der Waals surface area contributed by atoms with Crippen molar-refractivity contribution in [1.82, 2.24) is 14.8 Å². The van der Waals surface area contributed by atoms with Crippen molar-refractivity contribution in [3.8, 4) is 10.7 Å². The van der Waals surface area contributed by atoms with Gasteiger partial charge in [-0.3, -0.25) is 9.36 Å². The van der Waals surface area contributed by atoms with Gasteiger partial charge in [-0.15, -0.1) is 21.5 Å². The Morgan fingerprint density at radius 2 is 1.97 bits per heavy atom. The average Bonchev–Trinajstić information content (AvgIpc) is 3.63. The fourth-order valence-corrected chi connectivity index (χ4v) is 5.73. The fraction of sp³-hybridized carbons (Fsp3) is 0.269. The number of thiophene rings is 1. The van der Waals surface area contributed by atoms with Crippen molar-refractivity contribution >= 4 is 34.7 Å². The number of thioether (sulfide) groups is 1. The molecular weight excluding hydrogens is 464 g/mol. The number of hydrogen-bond acceptors (Lipinski definition) is 6. The van der Waals surface area contributed by atoms with Gasteiger partial charge >= 0.3 is 0 Å². The quantitative estimate of drug-likeness (QED) is 0.308. The number of hydrogen-bond donors (Lipinski definition) is 1. The van der Waals surface area contributed by atoms with Gasteiger partial charge in [0, 0.05) is 12.3 Å². The Kier molecular flexibility index (Phi) is 7.08. The lowest BCUT2D eigenvalue weighted by Crippen LogP contribution is -2.21. The predicted molar refractivity (Wildman–Crippen MR) is 137 cm³/mol. The normalized spacial score (nSPS) is 16.4. The van der Waals surface area contributed by atoms with Crippen LogP contribution in [0.25, 0.3) is 10.7 Å². The average molecular weight is 491 g/mol. The first-order chi connectivity index (χ1) is 16.7. The van der Waals surface area contributed by atoms with Crippen molar-refractivity contribution in [2.75, 3.05) is 11.9 Å². The van der Waals surface area contributed by atoms with Crippen LogP contribution < -0.4 is 5.32 Å². The Balaban J connectivity index is 1.46. The monoisotopic (exact) mass is 490 g/mol. The van der Waals surface area contributed by atoms with Crippen LogP contribution >= 0.6 is 23.1 Å². The van der Waals surface area contributed by atoms with Crippen LogP contribution in [0.5, 0.6) is 0 Å². The molecule has 4 aromatic rings. The number of aryl methyl sites for hydroxylation is 1. The number of benzene rings is 2. The van der Waals surface area contributed by atoms with E-state index in [-0.39, 0.29) is 12.0 Å². The molecule has 2 aromatic heterocycles. The number of carbonyl (C=O) groups is 1. The molecule has 1 aliphatic rings. The fourth-order valence-electron chi connectivity index (χ4n) is 3.97. The maximum absolute atomic E-state index is 13.5. The van der Waals surface area contributed by atoms with Crippen molar-refractivity contribution in [3.05, 3.63) is 83.2 Å². The summed E-state index contributed by atoms with van der Waals surface area (Å²) in [5.41, 5.74) is 2.84. The topological polar surface area (TPSA) is 69.0 Å². The molecule has 0 aliphatic carbocycles. The predicted octanol–water partition coefficient (Wildman–Crippen LogP) is 5.97. The van der Waals surface area contributed by atoms with E-state index < -0.39 is 5.25 Å². The number of nitrogens with one attached hydrogen (secondary N) is 1. The molecule has 174 valence electrons. The maximum atomic E-state index is 13.5. The SMILES string of the molecule is Cc1ccc(NC(=O)C(Sc2nnc(-c3cccs3)n2CC2CCCO2)c2ccccc2)cc1. The molecule has 6 nitrogen and oxygen atoms in total. The minimum Gasteiger partial charge on any atom is -0.376 e. The van der Waals surface area contributed by atoms with Gasteiger partial charge in [0.1, 0.15) is 5.25 Å². The highest BCUT2D eigenvalue weighted by atomic mass is 32.2. The third-order valence-corrected chi connectivity index (χ3v) is 7.85. The zero-order valence-electron chi connectivity index (χ0n) is 18.9. The van der Waals surface area contributed by atoms with Crippen molar-refractivity contribution < 1.29 is 9.53 Å². The summed E-state index contributed by atoms with van der Waals surface area (Å²) >= 11 is 3.06. The molecule has 5 rings (SSSR count).